The molecule has 1 aliphatic rings. The Morgan fingerprint density at radius 3 is 2.87 bits per heavy atom. The van der Waals surface area contributed by atoms with Crippen molar-refractivity contribution in [1.82, 2.24) is 15.1 Å². The van der Waals surface area contributed by atoms with Gasteiger partial charge in [-0.2, -0.15) is 0 Å². The molecule has 1 unspecified atom stereocenters. The van der Waals surface area contributed by atoms with Crippen LogP contribution >= 0.6 is 0 Å². The second kappa shape index (κ2) is 6.08. The number of carbonyl (C=O) groups excluding carboxylic acids is 1. The third-order valence-electron chi connectivity index (χ3n) is 2.75. The van der Waals surface area contributed by atoms with Gasteiger partial charge in [-0.1, -0.05) is 13.3 Å². The first-order chi connectivity index (χ1) is 7.15. The molecule has 88 valence electrons. The Morgan fingerprint density at radius 2 is 2.27 bits per heavy atom. The third-order valence-corrected chi connectivity index (χ3v) is 2.75. The summed E-state index contributed by atoms with van der Waals surface area (Å²) >= 11 is 0. The van der Waals surface area contributed by atoms with Gasteiger partial charge in [0.05, 0.1) is 12.7 Å². The van der Waals surface area contributed by atoms with Gasteiger partial charge < -0.3 is 9.80 Å². The van der Waals surface area contributed by atoms with Crippen LogP contribution in [0.5, 0.6) is 0 Å². The van der Waals surface area contributed by atoms with Crippen molar-refractivity contribution in [3.63, 3.8) is 0 Å². The minimum absolute atomic E-state index is 0.257. The van der Waals surface area contributed by atoms with Gasteiger partial charge in [0.1, 0.15) is 0 Å². The summed E-state index contributed by atoms with van der Waals surface area (Å²) < 4.78 is 0. The number of nitrogens with one attached hydrogen (secondary N) is 1. The molecule has 1 saturated heterocycles. The average molecular weight is 213 g/mol. The Balaban J connectivity index is 2.32. The lowest BCUT2D eigenvalue weighted by molar-refractivity contribution is -0.128. The topological polar surface area (TPSA) is 35.6 Å². The Hall–Kier alpha value is -0.610. The number of amides is 1. The number of rotatable bonds is 6. The largest absolute Gasteiger partial charge is 0.326 e. The highest BCUT2D eigenvalue weighted by atomic mass is 16.2. The van der Waals surface area contributed by atoms with E-state index in [-0.39, 0.29) is 12.1 Å². The van der Waals surface area contributed by atoms with E-state index in [0.717, 1.165) is 32.4 Å². The highest BCUT2D eigenvalue weighted by Gasteiger charge is 2.28. The van der Waals surface area contributed by atoms with Gasteiger partial charge in [-0.25, -0.2) is 0 Å². The molecule has 15 heavy (non-hydrogen) atoms. The highest BCUT2D eigenvalue weighted by Crippen LogP contribution is 2.10. The second-order valence-electron chi connectivity index (χ2n) is 4.43. The van der Waals surface area contributed by atoms with Crippen molar-refractivity contribution in [2.75, 3.05) is 33.7 Å². The maximum atomic E-state index is 11.6. The van der Waals surface area contributed by atoms with Crippen molar-refractivity contribution in [2.24, 2.45) is 0 Å². The summed E-state index contributed by atoms with van der Waals surface area (Å²) in [5.41, 5.74) is 0. The summed E-state index contributed by atoms with van der Waals surface area (Å²) in [7, 11) is 4.13. The molecule has 1 atom stereocenters. The Morgan fingerprint density at radius 1 is 1.53 bits per heavy atom. The van der Waals surface area contributed by atoms with Crippen LogP contribution in [-0.2, 0) is 4.79 Å². The third kappa shape index (κ3) is 3.80. The quantitative estimate of drug-likeness (QED) is 0.698. The predicted molar refractivity (Wildman–Crippen MR) is 61.6 cm³/mol. The molecule has 0 aromatic heterocycles. The van der Waals surface area contributed by atoms with E-state index in [9.17, 15) is 4.79 Å². The lowest BCUT2D eigenvalue weighted by atomic mass is 10.2. The summed E-state index contributed by atoms with van der Waals surface area (Å²) in [5, 5.41) is 3.26. The molecule has 0 spiro atoms. The van der Waals surface area contributed by atoms with Crippen LogP contribution in [0.1, 0.15) is 26.2 Å². The summed E-state index contributed by atoms with van der Waals surface area (Å²) in [6.45, 7) is 4.60. The van der Waals surface area contributed by atoms with E-state index in [1.165, 1.54) is 0 Å². The molecule has 0 radical (unpaired) electrons. The second-order valence-corrected chi connectivity index (χ2v) is 4.43. The normalized spacial score (nSPS) is 21.7. The summed E-state index contributed by atoms with van der Waals surface area (Å²) in [6, 6.07) is 0. The van der Waals surface area contributed by atoms with E-state index in [1.54, 1.807) is 0 Å². The Kier molecular flexibility index (Phi) is 5.05. The van der Waals surface area contributed by atoms with Crippen molar-refractivity contribution in [1.29, 1.82) is 0 Å². The number of nitrogens with zero attached hydrogens (tertiary/aromatic N) is 2. The molecule has 1 amide bonds. The average Bonchev–Trinajstić information content (AvgIpc) is 2.50. The van der Waals surface area contributed by atoms with E-state index in [0.29, 0.717) is 6.54 Å². The molecule has 4 heteroatoms. The minimum Gasteiger partial charge on any atom is -0.326 e. The van der Waals surface area contributed by atoms with Gasteiger partial charge in [0.25, 0.3) is 0 Å². The predicted octanol–water partition coefficient (Wildman–Crippen LogP) is 0.496. The first-order valence-corrected chi connectivity index (χ1v) is 5.82. The first kappa shape index (κ1) is 12.5. The van der Waals surface area contributed by atoms with Gasteiger partial charge in [0.15, 0.2) is 0 Å². The molecule has 0 aromatic rings. The van der Waals surface area contributed by atoms with Crippen LogP contribution in [-0.4, -0.2) is 55.6 Å². The van der Waals surface area contributed by atoms with Gasteiger partial charge in [0.2, 0.25) is 5.91 Å². The number of hydrogen-bond donors (Lipinski definition) is 1. The van der Waals surface area contributed by atoms with Gasteiger partial charge in [0, 0.05) is 6.54 Å². The molecular formula is C11H23N3O. The van der Waals surface area contributed by atoms with Crippen molar-refractivity contribution in [3.8, 4) is 0 Å². The van der Waals surface area contributed by atoms with Crippen molar-refractivity contribution >= 4 is 5.91 Å². The molecule has 1 N–H and O–H groups in total. The van der Waals surface area contributed by atoms with Gasteiger partial charge in [-0.3, -0.25) is 10.1 Å². The molecule has 0 aliphatic carbocycles. The molecule has 1 heterocycles. The summed E-state index contributed by atoms with van der Waals surface area (Å²) in [6.07, 6.45) is 3.52. The van der Waals surface area contributed by atoms with Crippen LogP contribution < -0.4 is 5.32 Å². The van der Waals surface area contributed by atoms with E-state index < -0.39 is 0 Å². The fourth-order valence-corrected chi connectivity index (χ4v) is 1.96. The summed E-state index contributed by atoms with van der Waals surface area (Å²) in [5.74, 6) is 0.257. The lowest BCUT2D eigenvalue weighted by Gasteiger charge is -2.24. The van der Waals surface area contributed by atoms with E-state index in [2.05, 4.69) is 31.2 Å². The van der Waals surface area contributed by atoms with Crippen LogP contribution in [0.25, 0.3) is 0 Å². The van der Waals surface area contributed by atoms with E-state index in [1.807, 2.05) is 4.90 Å². The van der Waals surface area contributed by atoms with Gasteiger partial charge in [-0.05, 0) is 33.5 Å². The zero-order chi connectivity index (χ0) is 11.3. The minimum atomic E-state index is 0.257. The molecule has 4 nitrogen and oxygen atoms in total. The van der Waals surface area contributed by atoms with Crippen LogP contribution in [0.3, 0.4) is 0 Å². The van der Waals surface area contributed by atoms with Gasteiger partial charge in [-0.15, -0.1) is 0 Å². The summed E-state index contributed by atoms with van der Waals surface area (Å²) in [4.78, 5) is 15.7. The molecule has 0 aromatic carbocycles. The fourth-order valence-electron chi connectivity index (χ4n) is 1.96. The first-order valence-electron chi connectivity index (χ1n) is 5.82. The van der Waals surface area contributed by atoms with E-state index >= 15 is 0 Å². The monoisotopic (exact) mass is 213 g/mol. The molecule has 0 bridgehead atoms. The SMILES string of the molecule is CCCC1NCC(=O)N1CCCN(C)C. The van der Waals surface area contributed by atoms with Crippen LogP contribution in [0.2, 0.25) is 0 Å². The molecular weight excluding hydrogens is 190 g/mol. The zero-order valence-corrected chi connectivity index (χ0v) is 10.1. The van der Waals surface area contributed by atoms with Crippen LogP contribution in [0, 0.1) is 0 Å². The van der Waals surface area contributed by atoms with Crippen LogP contribution in [0.15, 0.2) is 0 Å². The fraction of sp³-hybridized carbons (Fsp3) is 0.909. The van der Waals surface area contributed by atoms with Crippen molar-refractivity contribution in [2.45, 2.75) is 32.4 Å². The zero-order valence-electron chi connectivity index (χ0n) is 10.1. The molecule has 1 aliphatic heterocycles. The van der Waals surface area contributed by atoms with Crippen molar-refractivity contribution in [3.05, 3.63) is 0 Å². The van der Waals surface area contributed by atoms with Crippen molar-refractivity contribution < 1.29 is 4.79 Å². The highest BCUT2D eigenvalue weighted by molar-refractivity contribution is 5.80. The number of carbonyl (C=O) groups is 1. The maximum Gasteiger partial charge on any atom is 0.237 e. The van der Waals surface area contributed by atoms with Gasteiger partial charge >= 0.3 is 0 Å². The maximum absolute atomic E-state index is 11.6. The molecule has 1 rings (SSSR count). The molecule has 1 fully saturated rings. The van der Waals surface area contributed by atoms with E-state index in [4.69, 9.17) is 0 Å². The number of hydrogen-bond acceptors (Lipinski definition) is 3. The Bertz CT molecular complexity index is 206. The standard InChI is InChI=1S/C11H23N3O/c1-4-6-10-12-9-11(15)14(10)8-5-7-13(2)3/h10,12H,4-9H2,1-3H3. The smallest absolute Gasteiger partial charge is 0.237 e. The lowest BCUT2D eigenvalue weighted by Crippen LogP contribution is -2.38. The van der Waals surface area contributed by atoms with Crippen LogP contribution in [0.4, 0.5) is 0 Å². The molecule has 0 saturated carbocycles. The Labute approximate surface area is 92.6 Å².